The predicted molar refractivity (Wildman–Crippen MR) is 102 cm³/mol. The first-order valence-corrected chi connectivity index (χ1v) is 8.87. The number of rotatable bonds is 7. The van der Waals surface area contributed by atoms with Gasteiger partial charge in [-0.2, -0.15) is 0 Å². The van der Waals surface area contributed by atoms with Crippen molar-refractivity contribution in [1.82, 2.24) is 20.2 Å². The Hall–Kier alpha value is -3.55. The number of aromatic nitrogens is 4. The maximum atomic E-state index is 12.7. The molecule has 0 radical (unpaired) electrons. The molecular formula is C20H21N5O3. The molecule has 0 aliphatic rings. The van der Waals surface area contributed by atoms with E-state index in [4.69, 9.17) is 4.74 Å². The zero-order valence-electron chi connectivity index (χ0n) is 15.6. The van der Waals surface area contributed by atoms with Gasteiger partial charge in [-0.05, 0) is 42.0 Å². The number of hydrogen-bond donors (Lipinski definition) is 1. The van der Waals surface area contributed by atoms with Gasteiger partial charge < -0.3 is 10.1 Å². The summed E-state index contributed by atoms with van der Waals surface area (Å²) in [7, 11) is 0. The Morgan fingerprint density at radius 2 is 1.82 bits per heavy atom. The van der Waals surface area contributed by atoms with Crippen molar-refractivity contribution in [2.45, 2.75) is 32.4 Å². The minimum Gasteiger partial charge on any atom is -0.451 e. The van der Waals surface area contributed by atoms with Crippen molar-refractivity contribution in [1.29, 1.82) is 0 Å². The van der Waals surface area contributed by atoms with Crippen LogP contribution in [0.3, 0.4) is 0 Å². The second-order valence-corrected chi connectivity index (χ2v) is 6.43. The van der Waals surface area contributed by atoms with E-state index in [0.29, 0.717) is 12.1 Å². The van der Waals surface area contributed by atoms with E-state index >= 15 is 0 Å². The fourth-order valence-electron chi connectivity index (χ4n) is 2.62. The summed E-state index contributed by atoms with van der Waals surface area (Å²) >= 11 is 0. The molecule has 8 heteroatoms. The number of carbonyl (C=O) groups excluding carboxylic acids is 2. The molecular weight excluding hydrogens is 358 g/mol. The molecule has 28 heavy (non-hydrogen) atoms. The largest absolute Gasteiger partial charge is 0.451 e. The zero-order valence-corrected chi connectivity index (χ0v) is 15.6. The van der Waals surface area contributed by atoms with Gasteiger partial charge in [-0.25, -0.2) is 9.48 Å². The molecule has 0 saturated carbocycles. The zero-order chi connectivity index (χ0) is 19.9. The van der Waals surface area contributed by atoms with E-state index in [1.165, 1.54) is 17.9 Å². The van der Waals surface area contributed by atoms with Crippen LogP contribution in [0.5, 0.6) is 0 Å². The molecule has 0 unspecified atom stereocenters. The highest BCUT2D eigenvalue weighted by Crippen LogP contribution is 2.16. The first-order chi connectivity index (χ1) is 13.5. The van der Waals surface area contributed by atoms with Crippen LogP contribution in [0.25, 0.3) is 0 Å². The third-order valence-electron chi connectivity index (χ3n) is 4.21. The maximum Gasteiger partial charge on any atom is 0.332 e. The average Bonchev–Trinajstić information content (AvgIpc) is 3.23. The lowest BCUT2D eigenvalue weighted by atomic mass is 10.1. The third kappa shape index (κ3) is 5.00. The van der Waals surface area contributed by atoms with Crippen molar-refractivity contribution < 1.29 is 14.3 Å². The average molecular weight is 379 g/mol. The van der Waals surface area contributed by atoms with Crippen LogP contribution in [0, 0.1) is 6.92 Å². The van der Waals surface area contributed by atoms with Crippen LogP contribution in [-0.4, -0.2) is 38.2 Å². The first-order valence-electron chi connectivity index (χ1n) is 8.87. The Morgan fingerprint density at radius 1 is 1.11 bits per heavy atom. The molecule has 3 rings (SSSR count). The van der Waals surface area contributed by atoms with Gasteiger partial charge in [0.2, 0.25) is 0 Å². The summed E-state index contributed by atoms with van der Waals surface area (Å²) in [6.45, 7) is 3.49. The summed E-state index contributed by atoms with van der Waals surface area (Å²) in [6, 6.07) is 16.1. The Labute approximate surface area is 162 Å². The lowest BCUT2D eigenvalue weighted by Gasteiger charge is -2.19. The number of anilines is 1. The number of benzene rings is 2. The maximum absolute atomic E-state index is 12.7. The van der Waals surface area contributed by atoms with E-state index in [-0.39, 0.29) is 0 Å². The van der Waals surface area contributed by atoms with Crippen molar-refractivity contribution in [3.8, 4) is 0 Å². The van der Waals surface area contributed by atoms with Gasteiger partial charge in [0.05, 0.1) is 0 Å². The highest BCUT2D eigenvalue weighted by atomic mass is 16.5. The van der Waals surface area contributed by atoms with Gasteiger partial charge >= 0.3 is 5.97 Å². The molecule has 1 amide bonds. The summed E-state index contributed by atoms with van der Waals surface area (Å²) in [4.78, 5) is 25.1. The Morgan fingerprint density at radius 3 is 2.46 bits per heavy atom. The van der Waals surface area contributed by atoms with Gasteiger partial charge in [0.15, 0.2) is 12.1 Å². The summed E-state index contributed by atoms with van der Waals surface area (Å²) in [6.07, 6.45) is 0.728. The first kappa shape index (κ1) is 19.2. The monoisotopic (exact) mass is 379 g/mol. The number of amides is 1. The molecule has 1 heterocycles. The fraction of sp³-hybridized carbons (Fsp3) is 0.250. The normalized spacial score (nSPS) is 12.8. The lowest BCUT2D eigenvalue weighted by Crippen LogP contribution is -2.34. The van der Waals surface area contributed by atoms with Crippen molar-refractivity contribution in [3.05, 3.63) is 72.1 Å². The molecule has 0 aliphatic heterocycles. The highest BCUT2D eigenvalue weighted by Gasteiger charge is 2.27. The van der Waals surface area contributed by atoms with Crippen molar-refractivity contribution in [2.24, 2.45) is 0 Å². The SMILES string of the molecule is Cc1ccc(NC(=O)[C@@H](C)OC(=O)[C@H](Cc2ccccc2)n2cnnn2)cc1. The summed E-state index contributed by atoms with van der Waals surface area (Å²) in [5.74, 6) is -0.991. The highest BCUT2D eigenvalue weighted by molar-refractivity contribution is 5.95. The van der Waals surface area contributed by atoms with E-state index in [9.17, 15) is 9.59 Å². The van der Waals surface area contributed by atoms with E-state index in [1.807, 2.05) is 49.4 Å². The summed E-state index contributed by atoms with van der Waals surface area (Å²) in [5.41, 5.74) is 2.65. The van der Waals surface area contributed by atoms with Crippen LogP contribution in [0.1, 0.15) is 24.1 Å². The molecule has 2 atom stereocenters. The van der Waals surface area contributed by atoms with E-state index in [0.717, 1.165) is 11.1 Å². The van der Waals surface area contributed by atoms with Crippen LogP contribution < -0.4 is 5.32 Å². The Kier molecular flexibility index (Phi) is 6.11. The Balaban J connectivity index is 1.66. The summed E-state index contributed by atoms with van der Waals surface area (Å²) in [5, 5.41) is 13.7. The van der Waals surface area contributed by atoms with Crippen molar-refractivity contribution in [3.63, 3.8) is 0 Å². The number of esters is 1. The number of ether oxygens (including phenoxy) is 1. The standard InChI is InChI=1S/C20H21N5O3/c1-14-8-10-17(11-9-14)22-19(26)15(2)28-20(27)18(25-13-21-23-24-25)12-16-6-4-3-5-7-16/h3-11,13,15,18H,12H2,1-2H3,(H,22,26)/t15-,18+/m1/s1. The number of tetrazole rings is 1. The molecule has 1 aromatic heterocycles. The lowest BCUT2D eigenvalue weighted by molar-refractivity contribution is -0.156. The smallest absolute Gasteiger partial charge is 0.332 e. The topological polar surface area (TPSA) is 99.0 Å². The van der Waals surface area contributed by atoms with Crippen LogP contribution in [0.2, 0.25) is 0 Å². The molecule has 0 bridgehead atoms. The van der Waals surface area contributed by atoms with Gasteiger partial charge in [0.1, 0.15) is 6.33 Å². The molecule has 144 valence electrons. The van der Waals surface area contributed by atoms with Crippen LogP contribution in [0.4, 0.5) is 5.69 Å². The number of carbonyl (C=O) groups is 2. The quantitative estimate of drug-likeness (QED) is 0.633. The van der Waals surface area contributed by atoms with Crippen LogP contribution in [0.15, 0.2) is 60.9 Å². The molecule has 1 N–H and O–H groups in total. The number of nitrogens with zero attached hydrogens (tertiary/aromatic N) is 4. The van der Waals surface area contributed by atoms with Gasteiger partial charge in [0, 0.05) is 12.1 Å². The third-order valence-corrected chi connectivity index (χ3v) is 4.21. The van der Waals surface area contributed by atoms with E-state index in [1.54, 1.807) is 12.1 Å². The van der Waals surface area contributed by atoms with Crippen molar-refractivity contribution >= 4 is 17.6 Å². The van der Waals surface area contributed by atoms with Crippen molar-refractivity contribution in [2.75, 3.05) is 5.32 Å². The number of aryl methyl sites for hydroxylation is 1. The van der Waals surface area contributed by atoms with E-state index in [2.05, 4.69) is 20.8 Å². The number of nitrogens with one attached hydrogen (secondary N) is 1. The van der Waals surface area contributed by atoms with Gasteiger partial charge in [-0.1, -0.05) is 48.0 Å². The molecule has 0 aliphatic carbocycles. The minimum atomic E-state index is -0.969. The molecule has 0 saturated heterocycles. The van der Waals surface area contributed by atoms with Crippen LogP contribution >= 0.6 is 0 Å². The van der Waals surface area contributed by atoms with Gasteiger partial charge in [-0.3, -0.25) is 4.79 Å². The molecule has 0 spiro atoms. The van der Waals surface area contributed by atoms with E-state index < -0.39 is 24.0 Å². The Bertz CT molecular complexity index is 911. The van der Waals surface area contributed by atoms with Crippen LogP contribution in [-0.2, 0) is 20.7 Å². The molecule has 0 fully saturated rings. The van der Waals surface area contributed by atoms with Gasteiger partial charge in [0.25, 0.3) is 5.91 Å². The molecule has 2 aromatic carbocycles. The molecule has 3 aromatic rings. The second kappa shape index (κ2) is 8.90. The minimum absolute atomic E-state index is 0.344. The number of hydrogen-bond acceptors (Lipinski definition) is 6. The van der Waals surface area contributed by atoms with Gasteiger partial charge in [-0.15, -0.1) is 5.10 Å². The molecule has 8 nitrogen and oxygen atoms in total. The fourth-order valence-corrected chi connectivity index (χ4v) is 2.62. The predicted octanol–water partition coefficient (Wildman–Crippen LogP) is 2.34. The summed E-state index contributed by atoms with van der Waals surface area (Å²) < 4.78 is 6.73. The second-order valence-electron chi connectivity index (χ2n) is 6.43.